The van der Waals surface area contributed by atoms with Gasteiger partial charge in [-0.2, -0.15) is 4.31 Å². The molecule has 0 radical (unpaired) electrons. The normalized spacial score (nSPS) is 16.0. The third-order valence-electron chi connectivity index (χ3n) is 5.46. The number of rotatable bonds is 5. The summed E-state index contributed by atoms with van der Waals surface area (Å²) in [6, 6.07) is 13.8. The number of hydrogen-bond donors (Lipinski definition) is 1. The molecule has 30 heavy (non-hydrogen) atoms. The molecule has 2 heterocycles. The number of anilines is 1. The van der Waals surface area contributed by atoms with E-state index < -0.39 is 10.0 Å². The molecule has 1 aromatic heterocycles. The third-order valence-corrected chi connectivity index (χ3v) is 8.31. The zero-order chi connectivity index (χ0) is 21.3. The highest BCUT2D eigenvalue weighted by molar-refractivity contribution is 7.89. The number of nitrogens with zero attached hydrogens (tertiary/aromatic N) is 2. The smallest absolute Gasteiger partial charge is 0.308 e. The minimum atomic E-state index is -3.53. The van der Waals surface area contributed by atoms with Crippen LogP contribution in [0.25, 0.3) is 10.2 Å². The highest BCUT2D eigenvalue weighted by Crippen LogP contribution is 2.26. The van der Waals surface area contributed by atoms with E-state index in [9.17, 15) is 18.0 Å². The highest BCUT2D eigenvalue weighted by Gasteiger charge is 2.32. The van der Waals surface area contributed by atoms with E-state index in [2.05, 4.69) is 5.32 Å². The summed E-state index contributed by atoms with van der Waals surface area (Å²) < 4.78 is 29.5. The predicted molar refractivity (Wildman–Crippen MR) is 118 cm³/mol. The summed E-state index contributed by atoms with van der Waals surface area (Å²) in [5.41, 5.74) is 1.52. The SMILES string of the molecule is CCn1c(=O)sc2cc(NC(=O)C3CCN(S(=O)(=O)c4ccccc4)CC3)ccc21. The first-order valence-electron chi connectivity index (χ1n) is 9.89. The van der Waals surface area contributed by atoms with E-state index in [1.165, 1.54) is 4.31 Å². The van der Waals surface area contributed by atoms with E-state index >= 15 is 0 Å². The van der Waals surface area contributed by atoms with Crippen molar-refractivity contribution in [1.29, 1.82) is 0 Å². The molecule has 0 saturated carbocycles. The van der Waals surface area contributed by atoms with Gasteiger partial charge in [0.05, 0.1) is 15.1 Å². The van der Waals surface area contributed by atoms with Crippen molar-refractivity contribution in [2.45, 2.75) is 31.2 Å². The summed E-state index contributed by atoms with van der Waals surface area (Å²) in [6.45, 7) is 3.16. The lowest BCUT2D eigenvalue weighted by Gasteiger charge is -2.30. The summed E-state index contributed by atoms with van der Waals surface area (Å²) >= 11 is 1.16. The fourth-order valence-electron chi connectivity index (χ4n) is 3.79. The molecule has 3 aromatic rings. The average Bonchev–Trinajstić information content (AvgIpc) is 3.08. The second kappa shape index (κ2) is 8.33. The maximum atomic E-state index is 12.7. The van der Waals surface area contributed by atoms with Crippen LogP contribution in [0.5, 0.6) is 0 Å². The van der Waals surface area contributed by atoms with Gasteiger partial charge < -0.3 is 5.32 Å². The van der Waals surface area contributed by atoms with E-state index in [1.807, 2.05) is 19.1 Å². The number of hydrogen-bond acceptors (Lipinski definition) is 5. The van der Waals surface area contributed by atoms with Crippen molar-refractivity contribution in [2.75, 3.05) is 18.4 Å². The quantitative estimate of drug-likeness (QED) is 0.654. The molecule has 1 fully saturated rings. The van der Waals surface area contributed by atoms with Gasteiger partial charge in [0.15, 0.2) is 0 Å². The first kappa shape index (κ1) is 20.8. The van der Waals surface area contributed by atoms with Gasteiger partial charge in [-0.05, 0) is 50.1 Å². The van der Waals surface area contributed by atoms with Gasteiger partial charge in [-0.3, -0.25) is 14.2 Å². The molecular formula is C21H23N3O4S2. The molecule has 0 spiro atoms. The first-order valence-corrected chi connectivity index (χ1v) is 12.1. The number of piperidine rings is 1. The van der Waals surface area contributed by atoms with Gasteiger partial charge in [-0.15, -0.1) is 0 Å². The van der Waals surface area contributed by atoms with Gasteiger partial charge >= 0.3 is 4.87 Å². The van der Waals surface area contributed by atoms with Crippen LogP contribution >= 0.6 is 11.3 Å². The van der Waals surface area contributed by atoms with Crippen molar-refractivity contribution in [3.8, 4) is 0 Å². The molecule has 0 aliphatic carbocycles. The Labute approximate surface area is 179 Å². The van der Waals surface area contributed by atoms with Crippen LogP contribution in [0, 0.1) is 5.92 Å². The van der Waals surface area contributed by atoms with Crippen molar-refractivity contribution in [3.05, 3.63) is 58.2 Å². The molecular weight excluding hydrogens is 422 g/mol. The van der Waals surface area contributed by atoms with Crippen LogP contribution in [0.4, 0.5) is 5.69 Å². The fraction of sp³-hybridized carbons (Fsp3) is 0.333. The Morgan fingerprint density at radius 1 is 1.13 bits per heavy atom. The van der Waals surface area contributed by atoms with Gasteiger partial charge in [0.2, 0.25) is 15.9 Å². The van der Waals surface area contributed by atoms with Crippen molar-refractivity contribution in [3.63, 3.8) is 0 Å². The molecule has 1 N–H and O–H groups in total. The number of fused-ring (bicyclic) bond motifs is 1. The van der Waals surface area contributed by atoms with Crippen molar-refractivity contribution in [2.24, 2.45) is 5.92 Å². The zero-order valence-corrected chi connectivity index (χ0v) is 18.2. The molecule has 0 bridgehead atoms. The largest absolute Gasteiger partial charge is 0.326 e. The molecule has 2 aromatic carbocycles. The van der Waals surface area contributed by atoms with Crippen LogP contribution < -0.4 is 10.2 Å². The van der Waals surface area contributed by atoms with Crippen LogP contribution in [-0.2, 0) is 21.4 Å². The number of carbonyl (C=O) groups excluding carboxylic acids is 1. The minimum Gasteiger partial charge on any atom is -0.326 e. The van der Waals surface area contributed by atoms with Gasteiger partial charge in [0.25, 0.3) is 0 Å². The van der Waals surface area contributed by atoms with Gasteiger partial charge in [0.1, 0.15) is 0 Å². The molecule has 1 aliphatic rings. The fourth-order valence-corrected chi connectivity index (χ4v) is 6.27. The monoisotopic (exact) mass is 445 g/mol. The summed E-state index contributed by atoms with van der Waals surface area (Å²) in [6.07, 6.45) is 0.944. The molecule has 4 rings (SSSR count). The predicted octanol–water partition coefficient (Wildman–Crippen LogP) is 3.12. The van der Waals surface area contributed by atoms with Crippen LogP contribution in [0.2, 0.25) is 0 Å². The number of amides is 1. The number of thiazole rings is 1. The van der Waals surface area contributed by atoms with Crippen LogP contribution in [0.1, 0.15) is 19.8 Å². The van der Waals surface area contributed by atoms with Gasteiger partial charge in [-0.1, -0.05) is 29.5 Å². The lowest BCUT2D eigenvalue weighted by Crippen LogP contribution is -2.41. The summed E-state index contributed by atoms with van der Waals surface area (Å²) in [4.78, 5) is 25.0. The lowest BCUT2D eigenvalue weighted by molar-refractivity contribution is -0.120. The molecule has 0 unspecified atom stereocenters. The number of aryl methyl sites for hydroxylation is 1. The highest BCUT2D eigenvalue weighted by atomic mass is 32.2. The maximum absolute atomic E-state index is 12.7. The van der Waals surface area contributed by atoms with Gasteiger partial charge in [-0.25, -0.2) is 8.42 Å². The van der Waals surface area contributed by atoms with E-state index in [4.69, 9.17) is 0 Å². The minimum absolute atomic E-state index is 0.0111. The Balaban J connectivity index is 1.41. The Hall–Kier alpha value is -2.49. The zero-order valence-electron chi connectivity index (χ0n) is 16.6. The summed E-state index contributed by atoms with van der Waals surface area (Å²) in [7, 11) is -3.53. The lowest BCUT2D eigenvalue weighted by atomic mass is 9.97. The maximum Gasteiger partial charge on any atom is 0.308 e. The standard InChI is InChI=1S/C21H23N3O4S2/c1-2-24-18-9-8-16(14-19(18)29-21(24)26)22-20(25)15-10-12-23(13-11-15)30(27,28)17-6-4-3-5-7-17/h3-9,14-15H,2,10-13H2,1H3,(H,22,25). The molecule has 1 aliphatic heterocycles. The number of sulfonamides is 1. The third kappa shape index (κ3) is 3.92. The number of nitrogens with one attached hydrogen (secondary N) is 1. The molecule has 1 saturated heterocycles. The number of aromatic nitrogens is 1. The van der Waals surface area contributed by atoms with Crippen molar-refractivity contribution in [1.82, 2.24) is 8.87 Å². The number of carbonyl (C=O) groups is 1. The Kier molecular flexibility index (Phi) is 5.77. The Morgan fingerprint density at radius 2 is 1.83 bits per heavy atom. The Morgan fingerprint density at radius 3 is 2.50 bits per heavy atom. The molecule has 158 valence electrons. The van der Waals surface area contributed by atoms with Gasteiger partial charge in [0, 0.05) is 31.2 Å². The van der Waals surface area contributed by atoms with Crippen LogP contribution in [0.15, 0.2) is 58.2 Å². The first-order chi connectivity index (χ1) is 14.4. The molecule has 9 heteroatoms. The second-order valence-electron chi connectivity index (χ2n) is 7.28. The van der Waals surface area contributed by atoms with Crippen molar-refractivity contribution < 1.29 is 13.2 Å². The van der Waals surface area contributed by atoms with Crippen molar-refractivity contribution >= 4 is 43.2 Å². The second-order valence-corrected chi connectivity index (χ2v) is 10.2. The Bertz CT molecular complexity index is 1220. The van der Waals surface area contributed by atoms with Crippen LogP contribution in [0.3, 0.4) is 0 Å². The molecule has 7 nitrogen and oxygen atoms in total. The van der Waals surface area contributed by atoms with E-state index in [0.717, 1.165) is 21.6 Å². The van der Waals surface area contributed by atoms with E-state index in [-0.39, 0.29) is 21.6 Å². The average molecular weight is 446 g/mol. The van der Waals surface area contributed by atoms with E-state index in [1.54, 1.807) is 41.0 Å². The topological polar surface area (TPSA) is 88.5 Å². The summed E-state index contributed by atoms with van der Waals surface area (Å²) in [5.74, 6) is -0.365. The number of benzene rings is 2. The summed E-state index contributed by atoms with van der Waals surface area (Å²) in [5, 5.41) is 2.92. The van der Waals surface area contributed by atoms with E-state index in [0.29, 0.717) is 38.2 Å². The van der Waals surface area contributed by atoms with Crippen LogP contribution in [-0.4, -0.2) is 36.3 Å². The molecule has 1 amide bonds. The molecule has 0 atom stereocenters.